The van der Waals surface area contributed by atoms with Crippen molar-refractivity contribution in [2.24, 2.45) is 13.5 Å². The molecule has 3 rings (SSSR count). The van der Waals surface area contributed by atoms with E-state index in [2.05, 4.69) is 26.7 Å². The Bertz CT molecular complexity index is 1070. The second kappa shape index (κ2) is 7.30. The zero-order valence-corrected chi connectivity index (χ0v) is 17.9. The minimum atomic E-state index is -5.50. The summed E-state index contributed by atoms with van der Waals surface area (Å²) in [6.45, 7) is 11.1. The van der Waals surface area contributed by atoms with Crippen molar-refractivity contribution in [3.05, 3.63) is 72.8 Å². The maximum Gasteiger partial charge on any atom is 0.421 e. The van der Waals surface area contributed by atoms with Crippen molar-refractivity contribution < 1.29 is 16.8 Å². The third-order valence-electron chi connectivity index (χ3n) is 4.07. The van der Waals surface area contributed by atoms with E-state index in [1.54, 1.807) is 13.8 Å². The lowest BCUT2D eigenvalue weighted by molar-refractivity contribution is 0.722. The highest BCUT2D eigenvalue weighted by Gasteiger charge is 2.40. The molecule has 2 aromatic carbocycles. The summed E-state index contributed by atoms with van der Waals surface area (Å²) in [6, 6.07) is 11.4. The number of rotatable bonds is 4. The lowest BCUT2D eigenvalue weighted by Gasteiger charge is -2.22. The molecule has 0 unspecified atom stereocenters. The van der Waals surface area contributed by atoms with Crippen LogP contribution in [0.1, 0.15) is 25.0 Å². The molecule has 0 bridgehead atoms. The van der Waals surface area contributed by atoms with Crippen LogP contribution in [0.2, 0.25) is 0 Å². The van der Waals surface area contributed by atoms with E-state index in [1.165, 1.54) is 48.5 Å². The molecule has 10 heteroatoms. The van der Waals surface area contributed by atoms with Gasteiger partial charge >= 0.3 is 7.83 Å². The molecule has 1 aliphatic rings. The number of allylic oxidation sites excluding steroid dienone is 2. The maximum absolute atomic E-state index is 15.5. The van der Waals surface area contributed by atoms with Gasteiger partial charge in [0.2, 0.25) is 0 Å². The summed E-state index contributed by atoms with van der Waals surface area (Å²) in [4.78, 5) is 0. The van der Waals surface area contributed by atoms with Crippen LogP contribution in [0.4, 0.5) is 16.8 Å². The summed E-state index contributed by atoms with van der Waals surface area (Å²) in [5, 5.41) is -0.319. The van der Waals surface area contributed by atoms with Gasteiger partial charge in [-0.25, -0.2) is 0 Å². The Labute approximate surface area is 162 Å². The Balaban J connectivity index is 2.19. The Morgan fingerprint density at radius 1 is 0.643 bits per heavy atom. The molecule has 0 radical (unpaired) electrons. The Morgan fingerprint density at radius 3 is 1.36 bits per heavy atom. The van der Waals surface area contributed by atoms with Crippen molar-refractivity contribution in [1.82, 2.24) is 0 Å². The molecule has 148 valence electrons. The van der Waals surface area contributed by atoms with Crippen LogP contribution in [0.25, 0.3) is 11.1 Å². The normalized spacial score (nSPS) is 25.8. The zero-order chi connectivity index (χ0) is 20.7. The van der Waals surface area contributed by atoms with Crippen LogP contribution in [0.15, 0.2) is 75.2 Å². The van der Waals surface area contributed by atoms with E-state index in [-0.39, 0.29) is 10.6 Å². The van der Waals surface area contributed by atoms with Crippen LogP contribution in [0, 0.1) is 0 Å². The average Bonchev–Trinajstić information content (AvgIpc) is 2.60. The highest BCUT2D eigenvalue weighted by atomic mass is 31.3. The standard InChI is InChI=1S/C18H18F4N3P3/c1-13(2)15-5-9-17(10-6-15)26(19)23-27(20,25-28(21,22)24-26)18-11-7-16(8-12-18)14(3)4/h5-12H,1,3H2,2,4H3/t26-,27+. The fourth-order valence-corrected chi connectivity index (χ4v) is 10.2. The van der Waals surface area contributed by atoms with Crippen molar-refractivity contribution in [3.63, 3.8) is 0 Å². The molecule has 2 aromatic rings. The van der Waals surface area contributed by atoms with Crippen molar-refractivity contribution in [2.75, 3.05) is 0 Å². The Hall–Kier alpha value is -1.67. The van der Waals surface area contributed by atoms with E-state index >= 15 is 8.39 Å². The number of hydrogen-bond acceptors (Lipinski definition) is 3. The third kappa shape index (κ3) is 4.17. The van der Waals surface area contributed by atoms with Gasteiger partial charge in [0.25, 0.3) is 15.0 Å². The lowest BCUT2D eigenvalue weighted by Crippen LogP contribution is -2.05. The molecule has 0 saturated carbocycles. The van der Waals surface area contributed by atoms with E-state index in [9.17, 15) is 8.39 Å². The SMILES string of the molecule is C=C(C)c1ccc([P@]2(F)=N[P@](F)(c3ccc(C(=C)C)cc3)=NP(F)(F)=N2)cc1. The number of benzene rings is 2. The third-order valence-corrected chi connectivity index (χ3v) is 11.5. The summed E-state index contributed by atoms with van der Waals surface area (Å²) in [6.07, 6.45) is 0. The molecule has 1 heterocycles. The van der Waals surface area contributed by atoms with Crippen molar-refractivity contribution in [1.29, 1.82) is 0 Å². The maximum atomic E-state index is 15.5. The molecule has 0 N–H and O–H groups in total. The quantitative estimate of drug-likeness (QED) is 0.334. The van der Waals surface area contributed by atoms with Gasteiger partial charge in [-0.05, 0) is 49.2 Å². The molecule has 3 nitrogen and oxygen atoms in total. The molecule has 28 heavy (non-hydrogen) atoms. The van der Waals surface area contributed by atoms with Crippen LogP contribution in [0.5, 0.6) is 0 Å². The van der Waals surface area contributed by atoms with Crippen molar-refractivity contribution in [3.8, 4) is 0 Å². The second-order valence-corrected chi connectivity index (χ2v) is 12.6. The molecule has 0 fully saturated rings. The first-order valence-electron chi connectivity index (χ1n) is 8.17. The van der Waals surface area contributed by atoms with Crippen molar-refractivity contribution >= 4 is 44.6 Å². The van der Waals surface area contributed by atoms with Gasteiger partial charge in [0.05, 0.1) is 0 Å². The number of nitrogens with zero attached hydrogens (tertiary/aromatic N) is 3. The molecule has 0 spiro atoms. The minimum absolute atomic E-state index is 0.160. The topological polar surface area (TPSA) is 37.1 Å². The highest BCUT2D eigenvalue weighted by molar-refractivity contribution is 7.86. The van der Waals surface area contributed by atoms with Crippen LogP contribution in [-0.4, -0.2) is 0 Å². The van der Waals surface area contributed by atoms with E-state index in [0.717, 1.165) is 22.3 Å². The fraction of sp³-hybridized carbons (Fsp3) is 0.111. The van der Waals surface area contributed by atoms with Crippen LogP contribution in [-0.2, 0) is 0 Å². The number of halogens is 4. The number of hydrogen-bond donors (Lipinski definition) is 0. The summed E-state index contributed by atoms with van der Waals surface area (Å²) < 4.78 is 69.2. The van der Waals surface area contributed by atoms with E-state index in [0.29, 0.717) is 0 Å². The summed E-state index contributed by atoms with van der Waals surface area (Å²) in [5.74, 6) is 0. The van der Waals surface area contributed by atoms with Gasteiger partial charge in [0, 0.05) is 10.6 Å². The van der Waals surface area contributed by atoms with Gasteiger partial charge in [-0.3, -0.25) is 0 Å². The van der Waals surface area contributed by atoms with Gasteiger partial charge in [-0.1, -0.05) is 48.6 Å². The van der Waals surface area contributed by atoms with Crippen LogP contribution in [0.3, 0.4) is 0 Å². The van der Waals surface area contributed by atoms with E-state index in [4.69, 9.17) is 0 Å². The minimum Gasteiger partial charge on any atom is -0.178 e. The molecule has 1 aliphatic heterocycles. The van der Waals surface area contributed by atoms with E-state index < -0.39 is 22.9 Å². The zero-order valence-electron chi connectivity index (χ0n) is 15.2. The fourth-order valence-electron chi connectivity index (χ4n) is 2.57. The smallest absolute Gasteiger partial charge is 0.178 e. The van der Waals surface area contributed by atoms with Gasteiger partial charge in [-0.15, -0.1) is 8.39 Å². The molecular formula is C18H18F4N3P3. The monoisotopic (exact) mass is 445 g/mol. The first-order chi connectivity index (χ1) is 12.9. The molecular weight excluding hydrogens is 427 g/mol. The van der Waals surface area contributed by atoms with Crippen LogP contribution < -0.4 is 10.6 Å². The molecule has 0 aromatic heterocycles. The predicted molar refractivity (Wildman–Crippen MR) is 114 cm³/mol. The lowest BCUT2D eigenvalue weighted by atomic mass is 10.1. The van der Waals surface area contributed by atoms with Gasteiger partial charge in [-0.2, -0.15) is 21.9 Å². The van der Waals surface area contributed by atoms with Crippen molar-refractivity contribution in [2.45, 2.75) is 13.8 Å². The Morgan fingerprint density at radius 2 is 1.00 bits per heavy atom. The molecule has 0 saturated heterocycles. The highest BCUT2D eigenvalue weighted by Crippen LogP contribution is 2.80. The molecule has 0 amide bonds. The predicted octanol–water partition coefficient (Wildman–Crippen LogP) is 8.60. The average molecular weight is 445 g/mol. The first-order valence-corrected chi connectivity index (χ1v) is 12.8. The van der Waals surface area contributed by atoms with E-state index in [1.807, 2.05) is 0 Å². The van der Waals surface area contributed by atoms with Crippen LogP contribution >= 0.6 is 22.9 Å². The van der Waals surface area contributed by atoms with Gasteiger partial charge < -0.3 is 0 Å². The molecule has 0 aliphatic carbocycles. The van der Waals surface area contributed by atoms with Gasteiger partial charge in [0.1, 0.15) is 0 Å². The Kier molecular flexibility index (Phi) is 5.49. The van der Waals surface area contributed by atoms with Gasteiger partial charge in [0.15, 0.2) is 0 Å². The summed E-state index contributed by atoms with van der Waals surface area (Å²) in [5.41, 5.74) is 2.90. The summed E-state index contributed by atoms with van der Waals surface area (Å²) >= 11 is 0. The summed E-state index contributed by atoms with van der Waals surface area (Å²) in [7, 11) is -14.7. The largest absolute Gasteiger partial charge is 0.421 e. The second-order valence-electron chi connectivity index (χ2n) is 6.43. The molecule has 2 atom stereocenters. The first kappa shape index (κ1) is 21.0.